The average molecular weight is 830 g/mol. The van der Waals surface area contributed by atoms with Crippen LogP contribution in [0.25, 0.3) is 0 Å². The van der Waals surface area contributed by atoms with Crippen molar-refractivity contribution in [2.45, 2.75) is 121 Å². The van der Waals surface area contributed by atoms with Crippen molar-refractivity contribution in [2.75, 3.05) is 31.3 Å². The van der Waals surface area contributed by atoms with Crippen molar-refractivity contribution in [3.05, 3.63) is 93.6 Å². The fourth-order valence-electron chi connectivity index (χ4n) is 10.1. The second-order valence-corrected chi connectivity index (χ2v) is 19.4. The molecule has 5 aliphatic rings. The van der Waals surface area contributed by atoms with E-state index in [1.165, 1.54) is 5.57 Å². The number of amides is 1. The van der Waals surface area contributed by atoms with E-state index in [-0.39, 0.29) is 61.7 Å². The van der Waals surface area contributed by atoms with Crippen LogP contribution >= 0.6 is 21.6 Å². The number of nitrogens with two attached hydrogens (primary N) is 1. The maximum absolute atomic E-state index is 14.3. The van der Waals surface area contributed by atoms with Crippen molar-refractivity contribution >= 4 is 33.3 Å². The Kier molecular flexibility index (Phi) is 15.5. The van der Waals surface area contributed by atoms with Gasteiger partial charge in [0.05, 0.1) is 24.7 Å². The van der Waals surface area contributed by atoms with Gasteiger partial charge in [0.15, 0.2) is 5.78 Å². The van der Waals surface area contributed by atoms with Crippen LogP contribution in [0.5, 0.6) is 0 Å². The Morgan fingerprint density at radius 3 is 2.84 bits per heavy atom. The molecule has 1 amide bonds. The minimum atomic E-state index is -1.24. The molecule has 314 valence electrons. The van der Waals surface area contributed by atoms with Crippen LogP contribution in [-0.2, 0) is 27.2 Å². The van der Waals surface area contributed by atoms with Gasteiger partial charge in [-0.25, -0.2) is 0 Å². The van der Waals surface area contributed by atoms with Crippen LogP contribution < -0.4 is 16.4 Å². The first-order valence-electron chi connectivity index (χ1n) is 21.1. The predicted octanol–water partition coefficient (Wildman–Crippen LogP) is 6.35. The molecular formula is C47H63N3O6S2. The van der Waals surface area contributed by atoms with E-state index < -0.39 is 23.3 Å². The SMILES string of the molecule is C=C1C=CC=C(C2CCC3(C(CCCO)C(=C(C)C(=O)Cc4cccc5c4CC(=O)NC5N)CCC3(C)O)C2O)COC2C#CCC(=CCC1NCC)CCSSC2. The number of benzene rings is 1. The summed E-state index contributed by atoms with van der Waals surface area (Å²) < 4.78 is 6.60. The number of ketones is 1. The molecule has 1 aromatic carbocycles. The van der Waals surface area contributed by atoms with Gasteiger partial charge in [-0.1, -0.05) is 101 Å². The molecular weight excluding hydrogens is 767 g/mol. The summed E-state index contributed by atoms with van der Waals surface area (Å²) in [6, 6.07) is 5.74. The Bertz CT molecular complexity index is 1890. The van der Waals surface area contributed by atoms with E-state index in [9.17, 15) is 24.9 Å². The molecule has 2 bridgehead atoms. The van der Waals surface area contributed by atoms with E-state index in [1.807, 2.05) is 48.9 Å². The highest BCUT2D eigenvalue weighted by Gasteiger charge is 2.64. The summed E-state index contributed by atoms with van der Waals surface area (Å²) >= 11 is 0. The fourth-order valence-corrected chi connectivity index (χ4v) is 12.3. The number of likely N-dealkylation sites (N-methyl/N-ethyl adjacent to an activating group) is 1. The Labute approximate surface area is 353 Å². The molecule has 8 atom stereocenters. The van der Waals surface area contributed by atoms with Crippen LogP contribution in [0.4, 0.5) is 0 Å². The van der Waals surface area contributed by atoms with Crippen molar-refractivity contribution < 1.29 is 29.6 Å². The quantitative estimate of drug-likeness (QED) is 0.0719. The minimum absolute atomic E-state index is 0.0374. The van der Waals surface area contributed by atoms with E-state index in [4.69, 9.17) is 10.5 Å². The van der Waals surface area contributed by atoms with Crippen LogP contribution in [0.2, 0.25) is 0 Å². The number of Topliss-reactive ketones (excluding diaryl/α,β-unsaturated/α-hetero) is 1. The first kappa shape index (κ1) is 44.6. The molecule has 0 aromatic heterocycles. The molecule has 9 nitrogen and oxygen atoms in total. The monoisotopic (exact) mass is 829 g/mol. The molecule has 2 saturated carbocycles. The van der Waals surface area contributed by atoms with Gasteiger partial charge in [-0.15, -0.1) is 0 Å². The number of hydrogen-bond acceptors (Lipinski definition) is 10. The second-order valence-electron chi connectivity index (χ2n) is 16.8. The third-order valence-electron chi connectivity index (χ3n) is 13.4. The predicted molar refractivity (Wildman–Crippen MR) is 236 cm³/mol. The number of aliphatic hydroxyl groups is 3. The molecule has 1 aromatic rings. The van der Waals surface area contributed by atoms with Crippen LogP contribution in [-0.4, -0.2) is 82.1 Å². The molecule has 8 unspecified atom stereocenters. The Hall–Kier alpha value is -2.92. The summed E-state index contributed by atoms with van der Waals surface area (Å²) in [5.41, 5.74) is 11.3. The van der Waals surface area contributed by atoms with E-state index in [1.54, 1.807) is 10.8 Å². The van der Waals surface area contributed by atoms with Gasteiger partial charge in [-0.05, 0) is 111 Å². The van der Waals surface area contributed by atoms with Gasteiger partial charge < -0.3 is 36.4 Å². The van der Waals surface area contributed by atoms with E-state index in [2.05, 4.69) is 54.2 Å². The number of carbonyl (C=O) groups is 2. The van der Waals surface area contributed by atoms with Crippen molar-refractivity contribution in [3.8, 4) is 11.8 Å². The van der Waals surface area contributed by atoms with E-state index >= 15 is 0 Å². The van der Waals surface area contributed by atoms with Crippen LogP contribution in [0, 0.1) is 29.1 Å². The Balaban J connectivity index is 1.34. The summed E-state index contributed by atoms with van der Waals surface area (Å²) in [4.78, 5) is 26.7. The second kappa shape index (κ2) is 20.1. The van der Waals surface area contributed by atoms with E-state index in [0.717, 1.165) is 64.3 Å². The topological polar surface area (TPSA) is 154 Å². The van der Waals surface area contributed by atoms with Gasteiger partial charge in [-0.3, -0.25) is 9.59 Å². The maximum atomic E-state index is 14.3. The molecule has 7 N–H and O–H groups in total. The molecule has 2 aliphatic carbocycles. The zero-order valence-corrected chi connectivity index (χ0v) is 36.1. The molecule has 58 heavy (non-hydrogen) atoms. The Morgan fingerprint density at radius 1 is 1.22 bits per heavy atom. The number of aliphatic hydroxyl groups excluding tert-OH is 2. The molecule has 0 saturated heterocycles. The zero-order valence-electron chi connectivity index (χ0n) is 34.5. The molecule has 11 heteroatoms. The number of hydrogen-bond donors (Lipinski definition) is 6. The first-order valence-corrected chi connectivity index (χ1v) is 23.6. The van der Waals surface area contributed by atoms with Crippen molar-refractivity contribution in [3.63, 3.8) is 0 Å². The van der Waals surface area contributed by atoms with Crippen molar-refractivity contribution in [2.24, 2.45) is 23.0 Å². The maximum Gasteiger partial charge on any atom is 0.225 e. The number of ether oxygens (including phenoxy) is 1. The molecule has 6 rings (SSSR count). The van der Waals surface area contributed by atoms with Crippen LogP contribution in [0.15, 0.2) is 76.9 Å². The molecule has 2 fully saturated rings. The lowest BCUT2D eigenvalue weighted by Crippen LogP contribution is -2.59. The lowest BCUT2D eigenvalue weighted by molar-refractivity contribution is -0.168. The average Bonchev–Trinajstić information content (AvgIpc) is 3.54. The smallest absolute Gasteiger partial charge is 0.225 e. The normalized spacial score (nSPS) is 32.9. The fraction of sp³-hybridized carbons (Fsp3) is 0.574. The van der Waals surface area contributed by atoms with Gasteiger partial charge in [-0.2, -0.15) is 0 Å². The van der Waals surface area contributed by atoms with Crippen molar-refractivity contribution in [1.82, 2.24) is 10.6 Å². The van der Waals surface area contributed by atoms with Crippen LogP contribution in [0.3, 0.4) is 0 Å². The van der Waals surface area contributed by atoms with Gasteiger partial charge in [0.1, 0.15) is 12.3 Å². The molecule has 3 aliphatic heterocycles. The highest BCUT2D eigenvalue weighted by molar-refractivity contribution is 8.76. The number of nitrogens with one attached hydrogen (secondary N) is 2. The highest BCUT2D eigenvalue weighted by Crippen LogP contribution is 2.63. The molecule has 3 heterocycles. The van der Waals surface area contributed by atoms with Crippen molar-refractivity contribution in [1.29, 1.82) is 0 Å². The standard InChI is InChI=1S/C47H63N3O6S2/c1-5-49-41-18-17-32-11-7-14-35(29-58-57-25-21-32)56-28-34(13-6-10-30(41)2)37-20-23-47(44(37)54)40(16-9-24-51)36(19-22-46(47,4)55)31(3)42(52)26-33-12-8-15-38-39(33)27-43(53)50-45(38)48/h6,8,10,12-13,15,17,35,37,40-41,44-45,49,51,54-55H,2,5,9,11,16,18-29,48H2,1,3-4H3,(H,50,53). The Morgan fingerprint density at radius 2 is 2.05 bits per heavy atom. The minimum Gasteiger partial charge on any atom is -0.396 e. The van der Waals surface area contributed by atoms with Crippen LogP contribution in [0.1, 0.15) is 101 Å². The summed E-state index contributed by atoms with van der Waals surface area (Å²) in [5, 5.41) is 41.8. The largest absolute Gasteiger partial charge is 0.396 e. The third-order valence-corrected chi connectivity index (χ3v) is 15.8. The molecule has 1 spiro atoms. The number of carbonyl (C=O) groups excluding carboxylic acids is 2. The first-order chi connectivity index (χ1) is 27.9. The highest BCUT2D eigenvalue weighted by atomic mass is 33.1. The number of rotatable bonds is 9. The van der Waals surface area contributed by atoms with Gasteiger partial charge in [0.25, 0.3) is 0 Å². The lowest BCUT2D eigenvalue weighted by Gasteiger charge is -2.55. The number of allylic oxidation sites excluding steroid dienone is 5. The summed E-state index contributed by atoms with van der Waals surface area (Å²) in [6.07, 6.45) is 12.5. The van der Waals surface area contributed by atoms with Gasteiger partial charge in [0.2, 0.25) is 5.91 Å². The lowest BCUT2D eigenvalue weighted by atomic mass is 9.52. The summed E-state index contributed by atoms with van der Waals surface area (Å²) in [5.74, 6) is 7.70. The summed E-state index contributed by atoms with van der Waals surface area (Å²) in [6.45, 7) is 11.3. The van der Waals surface area contributed by atoms with Gasteiger partial charge >= 0.3 is 0 Å². The van der Waals surface area contributed by atoms with Gasteiger partial charge in [0, 0.05) is 48.3 Å². The molecule has 0 radical (unpaired) electrons. The summed E-state index contributed by atoms with van der Waals surface area (Å²) in [7, 11) is 3.64. The number of fused-ring (bicyclic) bond motifs is 4. The van der Waals surface area contributed by atoms with E-state index in [0.29, 0.717) is 50.5 Å². The third kappa shape index (κ3) is 9.82. The zero-order chi connectivity index (χ0) is 41.5.